The maximum atomic E-state index is 13.7. The van der Waals surface area contributed by atoms with Crippen LogP contribution in [0.1, 0.15) is 47.3 Å². The molecule has 1 aliphatic rings. The third kappa shape index (κ3) is 4.40. The summed E-state index contributed by atoms with van der Waals surface area (Å²) in [7, 11) is 0. The number of anilines is 1. The summed E-state index contributed by atoms with van der Waals surface area (Å²) in [6.45, 7) is 8.50. The van der Waals surface area contributed by atoms with Gasteiger partial charge in [0.15, 0.2) is 10.9 Å². The number of hydrogen-bond donors (Lipinski definition) is 1. The summed E-state index contributed by atoms with van der Waals surface area (Å²) in [6.07, 6.45) is 1.42. The summed E-state index contributed by atoms with van der Waals surface area (Å²) >= 11 is 2.04. The zero-order valence-electron chi connectivity index (χ0n) is 19.0. The van der Waals surface area contributed by atoms with Crippen molar-refractivity contribution >= 4 is 45.5 Å². The minimum atomic E-state index is -1.10. The number of aliphatic hydroxyl groups is 1. The summed E-state index contributed by atoms with van der Waals surface area (Å²) in [6, 6.07) is 4.15. The molecule has 4 rings (SSSR count). The molecule has 0 fully saturated rings. The van der Waals surface area contributed by atoms with Crippen LogP contribution in [-0.2, 0) is 9.53 Å². The normalized spacial score (nSPS) is 15.6. The maximum Gasteiger partial charge on any atom is 0.350 e. The fourth-order valence-corrected chi connectivity index (χ4v) is 5.60. The van der Waals surface area contributed by atoms with Gasteiger partial charge in [0.25, 0.3) is 5.91 Å². The Bertz CT molecular complexity index is 1390. The van der Waals surface area contributed by atoms with Crippen molar-refractivity contribution in [1.29, 1.82) is 0 Å². The average Bonchev–Trinajstić information content (AvgIpc) is 3.45. The first-order chi connectivity index (χ1) is 16.6. The lowest BCUT2D eigenvalue weighted by atomic mass is 9.95. The van der Waals surface area contributed by atoms with E-state index < -0.39 is 35.3 Å². The van der Waals surface area contributed by atoms with E-state index in [1.807, 2.05) is 0 Å². The lowest BCUT2D eigenvalue weighted by molar-refractivity contribution is -0.117. The molecule has 3 heterocycles. The van der Waals surface area contributed by atoms with Crippen LogP contribution in [0, 0.1) is 26.6 Å². The SMILES string of the molecule is C=CCOC(=O)c1sc(N2C(=O)C(O)=C(C(=O)c3sc(C)nc3C)C2c2ccc(F)cc2)nc1C. The smallest absolute Gasteiger partial charge is 0.350 e. The van der Waals surface area contributed by atoms with Crippen molar-refractivity contribution in [2.24, 2.45) is 0 Å². The summed E-state index contributed by atoms with van der Waals surface area (Å²) in [5, 5.41) is 11.6. The van der Waals surface area contributed by atoms with E-state index in [2.05, 4.69) is 16.5 Å². The predicted octanol–water partition coefficient (Wildman–Crippen LogP) is 4.79. The quantitative estimate of drug-likeness (QED) is 0.275. The molecule has 0 aliphatic carbocycles. The molecule has 0 spiro atoms. The molecular weight excluding hydrogens is 493 g/mol. The first-order valence-electron chi connectivity index (χ1n) is 10.4. The molecule has 1 aliphatic heterocycles. The third-order valence-corrected chi connectivity index (χ3v) is 7.47. The van der Waals surface area contributed by atoms with Crippen molar-refractivity contribution in [3.63, 3.8) is 0 Å². The highest BCUT2D eigenvalue weighted by Crippen LogP contribution is 2.44. The number of esters is 1. The number of aliphatic hydroxyl groups excluding tert-OH is 1. The first-order valence-corrected chi connectivity index (χ1v) is 12.0. The van der Waals surface area contributed by atoms with Gasteiger partial charge in [0, 0.05) is 0 Å². The van der Waals surface area contributed by atoms with Crippen LogP contribution in [0.15, 0.2) is 48.3 Å². The predicted molar refractivity (Wildman–Crippen MR) is 130 cm³/mol. The van der Waals surface area contributed by atoms with Gasteiger partial charge in [-0.3, -0.25) is 14.5 Å². The Morgan fingerprint density at radius 3 is 2.40 bits per heavy atom. The molecule has 0 bridgehead atoms. The molecular formula is C24H20FN3O5S2. The summed E-state index contributed by atoms with van der Waals surface area (Å²) in [5.74, 6) is -3.30. The molecule has 1 N–H and O–H groups in total. The second-order valence-corrected chi connectivity index (χ2v) is 9.85. The third-order valence-electron chi connectivity index (χ3n) is 5.26. The van der Waals surface area contributed by atoms with Gasteiger partial charge >= 0.3 is 5.97 Å². The zero-order chi connectivity index (χ0) is 25.4. The van der Waals surface area contributed by atoms with Crippen LogP contribution in [0.3, 0.4) is 0 Å². The number of aryl methyl sites for hydroxylation is 3. The van der Waals surface area contributed by atoms with Gasteiger partial charge in [-0.1, -0.05) is 36.1 Å². The molecule has 1 atom stereocenters. The highest BCUT2D eigenvalue weighted by molar-refractivity contribution is 7.17. The van der Waals surface area contributed by atoms with Gasteiger partial charge in [0.2, 0.25) is 5.78 Å². The Kier molecular flexibility index (Phi) is 6.64. The second kappa shape index (κ2) is 9.51. The highest BCUT2D eigenvalue weighted by Gasteiger charge is 2.46. The van der Waals surface area contributed by atoms with E-state index in [1.165, 1.54) is 30.3 Å². The van der Waals surface area contributed by atoms with Gasteiger partial charge in [0.05, 0.1) is 32.9 Å². The molecule has 1 unspecified atom stereocenters. The molecule has 11 heteroatoms. The minimum absolute atomic E-state index is 0.000959. The lowest BCUT2D eigenvalue weighted by Crippen LogP contribution is -2.31. The van der Waals surface area contributed by atoms with Crippen molar-refractivity contribution in [2.75, 3.05) is 11.5 Å². The fraction of sp³-hybridized carbons (Fsp3) is 0.208. The number of thiazole rings is 2. The monoisotopic (exact) mass is 513 g/mol. The molecule has 180 valence electrons. The van der Waals surface area contributed by atoms with E-state index in [0.29, 0.717) is 22.0 Å². The van der Waals surface area contributed by atoms with Crippen molar-refractivity contribution in [3.05, 3.63) is 85.8 Å². The number of carbonyl (C=O) groups excluding carboxylic acids is 3. The number of Topliss-reactive ketones (excluding diaryl/α,β-unsaturated/α-hetero) is 1. The van der Waals surface area contributed by atoms with E-state index >= 15 is 0 Å². The number of benzene rings is 1. The van der Waals surface area contributed by atoms with Gasteiger partial charge in [-0.15, -0.1) is 11.3 Å². The summed E-state index contributed by atoms with van der Waals surface area (Å²) in [4.78, 5) is 49.5. The number of amides is 1. The summed E-state index contributed by atoms with van der Waals surface area (Å²) in [5.41, 5.74) is 1.00. The Balaban J connectivity index is 1.84. The Hall–Kier alpha value is -3.70. The molecule has 2 aromatic heterocycles. The number of rotatable bonds is 7. The van der Waals surface area contributed by atoms with Crippen molar-refractivity contribution in [1.82, 2.24) is 9.97 Å². The number of ketones is 1. The van der Waals surface area contributed by atoms with Crippen molar-refractivity contribution in [3.8, 4) is 0 Å². The van der Waals surface area contributed by atoms with Crippen molar-refractivity contribution < 1.29 is 28.6 Å². The molecule has 35 heavy (non-hydrogen) atoms. The highest BCUT2D eigenvalue weighted by atomic mass is 32.1. The van der Waals surface area contributed by atoms with Crippen LogP contribution in [0.2, 0.25) is 0 Å². The summed E-state index contributed by atoms with van der Waals surface area (Å²) < 4.78 is 18.8. The van der Waals surface area contributed by atoms with Crippen LogP contribution in [0.25, 0.3) is 0 Å². The molecule has 3 aromatic rings. The Morgan fingerprint density at radius 2 is 1.80 bits per heavy atom. The van der Waals surface area contributed by atoms with Crippen LogP contribution in [0.4, 0.5) is 9.52 Å². The van der Waals surface area contributed by atoms with Gasteiger partial charge in [-0.2, -0.15) is 0 Å². The van der Waals surface area contributed by atoms with E-state index in [4.69, 9.17) is 4.74 Å². The van der Waals surface area contributed by atoms with Crippen LogP contribution >= 0.6 is 22.7 Å². The van der Waals surface area contributed by atoms with E-state index in [9.17, 15) is 23.9 Å². The lowest BCUT2D eigenvalue weighted by Gasteiger charge is -2.24. The first kappa shape index (κ1) is 24.4. The van der Waals surface area contributed by atoms with E-state index in [1.54, 1.807) is 20.8 Å². The van der Waals surface area contributed by atoms with Crippen LogP contribution in [-0.4, -0.2) is 39.3 Å². The number of hydrogen-bond acceptors (Lipinski definition) is 9. The molecule has 0 radical (unpaired) electrons. The fourth-order valence-electron chi connectivity index (χ4n) is 3.73. The largest absolute Gasteiger partial charge is 0.503 e. The number of ether oxygens (including phenoxy) is 1. The topological polar surface area (TPSA) is 110 Å². The van der Waals surface area contributed by atoms with E-state index in [0.717, 1.165) is 27.6 Å². The van der Waals surface area contributed by atoms with Gasteiger partial charge < -0.3 is 9.84 Å². The Labute approximate surface area is 208 Å². The zero-order valence-corrected chi connectivity index (χ0v) is 20.6. The van der Waals surface area contributed by atoms with Gasteiger partial charge in [-0.25, -0.2) is 19.2 Å². The number of carbonyl (C=O) groups is 3. The number of halogens is 1. The Morgan fingerprint density at radius 1 is 1.14 bits per heavy atom. The van der Waals surface area contributed by atoms with Crippen molar-refractivity contribution in [2.45, 2.75) is 26.8 Å². The average molecular weight is 514 g/mol. The number of aromatic nitrogens is 2. The molecule has 8 nitrogen and oxygen atoms in total. The van der Waals surface area contributed by atoms with E-state index in [-0.39, 0.29) is 27.1 Å². The maximum absolute atomic E-state index is 13.7. The molecule has 0 saturated carbocycles. The van der Waals surface area contributed by atoms with Crippen LogP contribution < -0.4 is 4.90 Å². The van der Waals surface area contributed by atoms with Gasteiger partial charge in [-0.05, 0) is 38.5 Å². The molecule has 1 amide bonds. The standard InChI is InChI=1S/C24H20FN3O5S2/c1-5-10-33-23(32)21-12(3)27-24(35-21)28-17(14-6-8-15(25)9-7-14)16(19(30)22(28)31)18(29)20-11(2)26-13(4)34-20/h5-9,17,30H,1,10H2,2-4H3. The number of nitrogens with zero attached hydrogens (tertiary/aromatic N) is 3. The second-order valence-electron chi connectivity index (χ2n) is 7.67. The molecule has 1 aromatic carbocycles. The van der Waals surface area contributed by atoms with Crippen LogP contribution in [0.5, 0.6) is 0 Å². The van der Waals surface area contributed by atoms with Gasteiger partial charge in [0.1, 0.15) is 17.3 Å². The molecule has 0 saturated heterocycles. The minimum Gasteiger partial charge on any atom is -0.503 e.